The fourth-order valence-electron chi connectivity index (χ4n) is 3.39. The minimum Gasteiger partial charge on any atom is -0.495 e. The van der Waals surface area contributed by atoms with Crippen LogP contribution in [0.5, 0.6) is 5.75 Å². The Labute approximate surface area is 300 Å². The minimum atomic E-state index is 0.299. The van der Waals surface area contributed by atoms with E-state index in [2.05, 4.69) is 81.0 Å². The Balaban J connectivity index is 0.000000345. The predicted molar refractivity (Wildman–Crippen MR) is 206 cm³/mol. The lowest BCUT2D eigenvalue weighted by atomic mass is 9.77. The SMILES string of the molecule is C=C(C)/C(=C\C=C/C)OCC1CO1.CCC(C)(C)C.CCC(C)(C)C(C)/C=C\C(C)=C(/C)OCC1CO1.Cc1ccccc1OCC1CO1. The van der Waals surface area contributed by atoms with Crippen LogP contribution >= 0.6 is 0 Å². The van der Waals surface area contributed by atoms with Gasteiger partial charge in [0, 0.05) is 0 Å². The van der Waals surface area contributed by atoms with Crippen molar-refractivity contribution < 1.29 is 28.4 Å². The summed E-state index contributed by atoms with van der Waals surface area (Å²) in [6, 6.07) is 8.02. The molecule has 4 atom stereocenters. The van der Waals surface area contributed by atoms with Crippen LogP contribution < -0.4 is 4.74 Å². The molecule has 0 aliphatic carbocycles. The Morgan fingerprint density at radius 3 is 1.84 bits per heavy atom. The lowest BCUT2D eigenvalue weighted by molar-refractivity contribution is 0.182. The van der Waals surface area contributed by atoms with Gasteiger partial charge in [0.05, 0.1) is 25.6 Å². The fourth-order valence-corrected chi connectivity index (χ4v) is 3.39. The normalized spacial score (nSPS) is 20.8. The molecule has 4 rings (SSSR count). The van der Waals surface area contributed by atoms with Gasteiger partial charge in [0.1, 0.15) is 49.6 Å². The van der Waals surface area contributed by atoms with Crippen molar-refractivity contribution in [1.29, 1.82) is 0 Å². The number of allylic oxidation sites excluding steroid dienone is 8. The van der Waals surface area contributed by atoms with Gasteiger partial charge in [0.2, 0.25) is 0 Å². The standard InChI is InChI=1S/C16H28O2.C11H16O2.C10H12O2.C6H14/c1-7-16(5,6)13(3)9-8-12(2)14(4)17-10-15-11-18-15;1-4-5-6-11(9(2)3)13-8-10-7-12-10;1-8-4-2-3-5-10(8)12-7-9-6-11-9;1-5-6(2,3)4/h8-9,13,15H,7,10-11H2,1-6H3;4-6,10H,2,7-8H2,1,3H3;2-5,9H,6-7H2,1H3;5H2,1-4H3/b9-8-,14-12+;5-4-,11-6+;;. The first-order valence-electron chi connectivity index (χ1n) is 18.2. The summed E-state index contributed by atoms with van der Waals surface area (Å²) in [4.78, 5) is 0. The molecule has 0 radical (unpaired) electrons. The molecule has 49 heavy (non-hydrogen) atoms. The minimum absolute atomic E-state index is 0.299. The summed E-state index contributed by atoms with van der Waals surface area (Å²) in [5, 5.41) is 0. The van der Waals surface area contributed by atoms with Crippen molar-refractivity contribution in [2.75, 3.05) is 39.6 Å². The summed E-state index contributed by atoms with van der Waals surface area (Å²) in [7, 11) is 0. The molecule has 0 spiro atoms. The van der Waals surface area contributed by atoms with Crippen LogP contribution in [0, 0.1) is 23.7 Å². The van der Waals surface area contributed by atoms with Crippen LogP contribution in [0.15, 0.2) is 83.9 Å². The largest absolute Gasteiger partial charge is 0.495 e. The molecule has 3 aliphatic heterocycles. The lowest BCUT2D eigenvalue weighted by Crippen LogP contribution is -2.18. The second-order valence-electron chi connectivity index (χ2n) is 15.0. The number of epoxide rings is 3. The van der Waals surface area contributed by atoms with E-state index in [4.69, 9.17) is 28.4 Å². The van der Waals surface area contributed by atoms with E-state index < -0.39 is 0 Å². The highest BCUT2D eigenvalue weighted by Gasteiger charge is 2.25. The molecule has 0 aromatic heterocycles. The van der Waals surface area contributed by atoms with Crippen molar-refractivity contribution in [1.82, 2.24) is 0 Å². The Kier molecular flexibility index (Phi) is 20.6. The van der Waals surface area contributed by atoms with E-state index >= 15 is 0 Å². The number of hydrogen-bond donors (Lipinski definition) is 0. The van der Waals surface area contributed by atoms with Crippen molar-refractivity contribution in [3.05, 3.63) is 89.5 Å². The van der Waals surface area contributed by atoms with Crippen molar-refractivity contribution in [2.24, 2.45) is 16.7 Å². The zero-order chi connectivity index (χ0) is 37.0. The highest BCUT2D eigenvalue weighted by Crippen LogP contribution is 2.31. The summed E-state index contributed by atoms with van der Waals surface area (Å²) in [6.07, 6.45) is 13.7. The molecule has 4 unspecified atom stereocenters. The Morgan fingerprint density at radius 1 is 0.878 bits per heavy atom. The van der Waals surface area contributed by atoms with E-state index in [9.17, 15) is 0 Å². The fraction of sp³-hybridized carbons (Fsp3) is 0.628. The third-order valence-electron chi connectivity index (χ3n) is 8.89. The second kappa shape index (κ2) is 22.8. The van der Waals surface area contributed by atoms with E-state index in [0.717, 1.165) is 42.7 Å². The van der Waals surface area contributed by atoms with Crippen LogP contribution in [-0.2, 0) is 23.7 Å². The quantitative estimate of drug-likeness (QED) is 0.104. The van der Waals surface area contributed by atoms with Crippen LogP contribution in [0.3, 0.4) is 0 Å². The third kappa shape index (κ3) is 22.5. The molecular weight excluding hydrogens is 612 g/mol. The average Bonchev–Trinajstić information content (AvgIpc) is 3.91. The van der Waals surface area contributed by atoms with Crippen LogP contribution in [0.4, 0.5) is 0 Å². The van der Waals surface area contributed by atoms with Gasteiger partial charge >= 0.3 is 0 Å². The molecule has 0 bridgehead atoms. The van der Waals surface area contributed by atoms with E-state index in [1.54, 1.807) is 0 Å². The van der Waals surface area contributed by atoms with Crippen LogP contribution in [0.2, 0.25) is 0 Å². The molecule has 278 valence electrons. The summed E-state index contributed by atoms with van der Waals surface area (Å²) in [6.45, 7) is 36.5. The molecule has 1 aromatic rings. The molecule has 0 N–H and O–H groups in total. The van der Waals surface area contributed by atoms with Gasteiger partial charge in [0.25, 0.3) is 0 Å². The number of rotatable bonds is 15. The third-order valence-corrected chi connectivity index (χ3v) is 8.89. The van der Waals surface area contributed by atoms with Gasteiger partial charge in [-0.25, -0.2) is 0 Å². The molecule has 1 aromatic carbocycles. The maximum atomic E-state index is 5.68. The zero-order valence-corrected chi connectivity index (χ0v) is 33.3. The molecule has 3 saturated heterocycles. The van der Waals surface area contributed by atoms with Gasteiger partial charge < -0.3 is 28.4 Å². The van der Waals surface area contributed by atoms with Crippen LogP contribution in [0.1, 0.15) is 101 Å². The van der Waals surface area contributed by atoms with Gasteiger partial charge in [-0.3, -0.25) is 0 Å². The molecule has 3 fully saturated rings. The van der Waals surface area contributed by atoms with Gasteiger partial charge in [-0.05, 0) is 80.2 Å². The second-order valence-corrected chi connectivity index (χ2v) is 15.0. The van der Waals surface area contributed by atoms with Crippen molar-refractivity contribution in [3.63, 3.8) is 0 Å². The van der Waals surface area contributed by atoms with Crippen molar-refractivity contribution in [3.8, 4) is 5.75 Å². The summed E-state index contributed by atoms with van der Waals surface area (Å²) < 4.78 is 31.9. The van der Waals surface area contributed by atoms with Gasteiger partial charge in [-0.2, -0.15) is 0 Å². The van der Waals surface area contributed by atoms with Gasteiger partial charge in [-0.1, -0.05) is 117 Å². The molecule has 3 aliphatic rings. The highest BCUT2D eigenvalue weighted by molar-refractivity contribution is 5.31. The Hall–Kier alpha value is -2.80. The summed E-state index contributed by atoms with van der Waals surface area (Å²) in [5.41, 5.74) is 4.22. The van der Waals surface area contributed by atoms with Crippen LogP contribution in [-0.4, -0.2) is 58.0 Å². The van der Waals surface area contributed by atoms with Gasteiger partial charge in [-0.15, -0.1) is 0 Å². The van der Waals surface area contributed by atoms with Gasteiger partial charge in [0.15, 0.2) is 0 Å². The first-order chi connectivity index (χ1) is 23.0. The molecule has 3 heterocycles. The van der Waals surface area contributed by atoms with Crippen molar-refractivity contribution >= 4 is 0 Å². The molecule has 0 saturated carbocycles. The maximum Gasteiger partial charge on any atom is 0.122 e. The van der Waals surface area contributed by atoms with E-state index in [0.29, 0.717) is 54.9 Å². The van der Waals surface area contributed by atoms with Crippen LogP contribution in [0.25, 0.3) is 0 Å². The molecule has 0 amide bonds. The monoisotopic (exact) mass is 683 g/mol. The average molecular weight is 683 g/mol. The number of para-hydroxylation sites is 1. The summed E-state index contributed by atoms with van der Waals surface area (Å²) in [5.74, 6) is 3.38. The number of hydrogen-bond acceptors (Lipinski definition) is 6. The van der Waals surface area contributed by atoms with E-state index in [-0.39, 0.29) is 0 Å². The Bertz CT molecular complexity index is 1200. The maximum absolute atomic E-state index is 5.68. The zero-order valence-electron chi connectivity index (χ0n) is 33.3. The highest BCUT2D eigenvalue weighted by atomic mass is 16.6. The first-order valence-corrected chi connectivity index (χ1v) is 18.2. The predicted octanol–water partition coefficient (Wildman–Crippen LogP) is 11.0. The van der Waals surface area contributed by atoms with E-state index in [1.807, 2.05) is 70.2 Å². The first kappa shape index (κ1) is 44.2. The summed E-state index contributed by atoms with van der Waals surface area (Å²) >= 11 is 0. The number of benzene rings is 1. The smallest absolute Gasteiger partial charge is 0.122 e. The number of ether oxygens (including phenoxy) is 6. The molecule has 6 nitrogen and oxygen atoms in total. The van der Waals surface area contributed by atoms with Crippen molar-refractivity contribution in [2.45, 2.75) is 121 Å². The Morgan fingerprint density at radius 2 is 1.39 bits per heavy atom. The lowest BCUT2D eigenvalue weighted by Gasteiger charge is -2.28. The van der Waals surface area contributed by atoms with E-state index in [1.165, 1.54) is 24.0 Å². The topological polar surface area (TPSA) is 65.3 Å². The number of aryl methyl sites for hydroxylation is 1. The molecule has 6 heteroatoms. The molecular formula is C43H70O6.